The Bertz CT molecular complexity index is 481. The van der Waals surface area contributed by atoms with Gasteiger partial charge in [0.05, 0.1) is 6.54 Å². The highest BCUT2D eigenvalue weighted by Gasteiger charge is 2.21. The first-order valence-electron chi connectivity index (χ1n) is 7.50. The van der Waals surface area contributed by atoms with Crippen molar-refractivity contribution in [1.82, 2.24) is 19.6 Å². The molecular formula is C14H25IN6S. The number of nitrogens with zero attached hydrogens (tertiary/aromatic N) is 5. The van der Waals surface area contributed by atoms with Gasteiger partial charge in [-0.2, -0.15) is 4.37 Å². The lowest BCUT2D eigenvalue weighted by molar-refractivity contribution is 0.373. The van der Waals surface area contributed by atoms with E-state index in [4.69, 9.17) is 0 Å². The van der Waals surface area contributed by atoms with Gasteiger partial charge in [0.2, 0.25) is 5.13 Å². The van der Waals surface area contributed by atoms with Crippen LogP contribution in [0.5, 0.6) is 0 Å². The number of rotatable bonds is 5. The molecule has 1 saturated heterocycles. The standard InChI is InChI=1S/C14H24N6S.HI/c1-4-7-16-13(15-6-3)19-8-10-20(11-9-19)14-17-12(5-2)18-21-14;/h4H,1,5-11H2,2-3H3,(H,15,16);1H. The second-order valence-corrected chi connectivity index (χ2v) is 5.53. The van der Waals surface area contributed by atoms with Gasteiger partial charge in [0.1, 0.15) is 5.82 Å². The smallest absolute Gasteiger partial charge is 0.205 e. The Morgan fingerprint density at radius 3 is 2.64 bits per heavy atom. The average Bonchev–Trinajstić information content (AvgIpc) is 3.01. The van der Waals surface area contributed by atoms with Crippen LogP contribution < -0.4 is 10.2 Å². The zero-order valence-corrected chi connectivity index (χ0v) is 16.4. The average molecular weight is 436 g/mol. The van der Waals surface area contributed by atoms with E-state index in [1.54, 1.807) is 0 Å². The van der Waals surface area contributed by atoms with Crippen LogP contribution in [-0.4, -0.2) is 59.5 Å². The lowest BCUT2D eigenvalue weighted by atomic mass is 10.3. The van der Waals surface area contributed by atoms with Gasteiger partial charge < -0.3 is 15.1 Å². The van der Waals surface area contributed by atoms with Crippen molar-refractivity contribution in [3.8, 4) is 0 Å². The normalized spacial score (nSPS) is 15.5. The molecule has 0 atom stereocenters. The maximum atomic E-state index is 4.56. The van der Waals surface area contributed by atoms with Crippen LogP contribution >= 0.6 is 35.5 Å². The van der Waals surface area contributed by atoms with Gasteiger partial charge in [-0.1, -0.05) is 13.0 Å². The topological polar surface area (TPSA) is 56.7 Å². The van der Waals surface area contributed by atoms with Crippen LogP contribution in [0.4, 0.5) is 5.13 Å². The quantitative estimate of drug-likeness (QED) is 0.331. The van der Waals surface area contributed by atoms with E-state index >= 15 is 0 Å². The molecule has 0 bridgehead atoms. The van der Waals surface area contributed by atoms with Crippen molar-refractivity contribution in [3.05, 3.63) is 18.5 Å². The van der Waals surface area contributed by atoms with Gasteiger partial charge in [0, 0.05) is 50.7 Å². The van der Waals surface area contributed by atoms with E-state index in [2.05, 4.69) is 49.9 Å². The molecule has 1 aromatic heterocycles. The molecule has 0 unspecified atom stereocenters. The molecule has 8 heteroatoms. The van der Waals surface area contributed by atoms with Crippen LogP contribution in [0.25, 0.3) is 0 Å². The minimum Gasteiger partial charge on any atom is -0.357 e. The van der Waals surface area contributed by atoms with Gasteiger partial charge in [-0.3, -0.25) is 0 Å². The fourth-order valence-electron chi connectivity index (χ4n) is 2.20. The van der Waals surface area contributed by atoms with Gasteiger partial charge in [-0.05, 0) is 6.92 Å². The van der Waals surface area contributed by atoms with Crippen LogP contribution in [0.1, 0.15) is 19.7 Å². The number of nitrogens with one attached hydrogen (secondary N) is 1. The first-order valence-corrected chi connectivity index (χ1v) is 8.27. The summed E-state index contributed by atoms with van der Waals surface area (Å²) in [6.07, 6.45) is 2.72. The SMILES string of the molecule is C=CCN=C(NCC)N1CCN(c2nc(CC)ns2)CC1.I. The summed E-state index contributed by atoms with van der Waals surface area (Å²) in [7, 11) is 0. The Morgan fingerprint density at radius 1 is 1.36 bits per heavy atom. The summed E-state index contributed by atoms with van der Waals surface area (Å²) in [5.74, 6) is 1.92. The Morgan fingerprint density at radius 2 is 2.09 bits per heavy atom. The zero-order chi connectivity index (χ0) is 15.1. The Kier molecular flexibility index (Phi) is 8.69. The molecule has 0 spiro atoms. The van der Waals surface area contributed by atoms with Crippen molar-refractivity contribution in [2.75, 3.05) is 44.2 Å². The number of piperazine rings is 1. The zero-order valence-electron chi connectivity index (χ0n) is 13.3. The molecule has 6 nitrogen and oxygen atoms in total. The molecule has 124 valence electrons. The molecular weight excluding hydrogens is 411 g/mol. The van der Waals surface area contributed by atoms with Crippen molar-refractivity contribution in [1.29, 1.82) is 0 Å². The number of hydrogen-bond acceptors (Lipinski definition) is 5. The van der Waals surface area contributed by atoms with Crippen molar-refractivity contribution in [2.45, 2.75) is 20.3 Å². The molecule has 1 N–H and O–H groups in total. The van der Waals surface area contributed by atoms with Gasteiger partial charge in [0.15, 0.2) is 5.96 Å². The molecule has 1 aliphatic rings. The number of halogens is 1. The second-order valence-electron chi connectivity index (χ2n) is 4.80. The first kappa shape index (κ1) is 19.1. The fourth-order valence-corrected chi connectivity index (χ4v) is 3.00. The highest BCUT2D eigenvalue weighted by atomic mass is 127. The lowest BCUT2D eigenvalue weighted by Gasteiger charge is -2.36. The summed E-state index contributed by atoms with van der Waals surface area (Å²) in [4.78, 5) is 13.7. The molecule has 22 heavy (non-hydrogen) atoms. The number of aromatic nitrogens is 2. The van der Waals surface area contributed by atoms with E-state index in [0.717, 1.165) is 56.1 Å². The molecule has 0 aromatic carbocycles. The summed E-state index contributed by atoms with van der Waals surface area (Å²) in [5.41, 5.74) is 0. The predicted molar refractivity (Wildman–Crippen MR) is 105 cm³/mol. The lowest BCUT2D eigenvalue weighted by Crippen LogP contribution is -2.52. The van der Waals surface area contributed by atoms with Gasteiger partial charge in [-0.15, -0.1) is 30.6 Å². The minimum atomic E-state index is 0. The fraction of sp³-hybridized carbons (Fsp3) is 0.643. The maximum absolute atomic E-state index is 4.56. The predicted octanol–water partition coefficient (Wildman–Crippen LogP) is 1.99. The third-order valence-electron chi connectivity index (χ3n) is 3.33. The Labute approximate surface area is 153 Å². The van der Waals surface area contributed by atoms with Crippen molar-refractivity contribution < 1.29 is 0 Å². The van der Waals surface area contributed by atoms with E-state index < -0.39 is 0 Å². The summed E-state index contributed by atoms with van der Waals surface area (Å²) < 4.78 is 4.36. The van der Waals surface area contributed by atoms with Crippen LogP contribution in [0.15, 0.2) is 17.6 Å². The molecule has 0 aliphatic carbocycles. The molecule has 0 saturated carbocycles. The highest BCUT2D eigenvalue weighted by molar-refractivity contribution is 14.0. The molecule has 0 amide bonds. The molecule has 1 fully saturated rings. The Balaban J connectivity index is 0.00000242. The molecule has 0 radical (unpaired) electrons. The van der Waals surface area contributed by atoms with Crippen LogP contribution in [-0.2, 0) is 6.42 Å². The van der Waals surface area contributed by atoms with E-state index in [0.29, 0.717) is 6.54 Å². The third kappa shape index (κ3) is 5.08. The maximum Gasteiger partial charge on any atom is 0.205 e. The highest BCUT2D eigenvalue weighted by Crippen LogP contribution is 2.19. The largest absolute Gasteiger partial charge is 0.357 e. The van der Waals surface area contributed by atoms with Gasteiger partial charge in [-0.25, -0.2) is 9.98 Å². The summed E-state index contributed by atoms with van der Waals surface area (Å²) >= 11 is 1.50. The number of aliphatic imine (C=N–C) groups is 1. The van der Waals surface area contributed by atoms with Crippen LogP contribution in [0.2, 0.25) is 0 Å². The van der Waals surface area contributed by atoms with Crippen molar-refractivity contribution >= 4 is 46.6 Å². The van der Waals surface area contributed by atoms with Gasteiger partial charge >= 0.3 is 0 Å². The van der Waals surface area contributed by atoms with Crippen LogP contribution in [0, 0.1) is 0 Å². The number of aryl methyl sites for hydroxylation is 1. The van der Waals surface area contributed by atoms with Crippen LogP contribution in [0.3, 0.4) is 0 Å². The molecule has 1 aliphatic heterocycles. The van der Waals surface area contributed by atoms with Crippen molar-refractivity contribution in [3.63, 3.8) is 0 Å². The second kappa shape index (κ2) is 9.98. The summed E-state index contributed by atoms with van der Waals surface area (Å²) in [5, 5.41) is 4.38. The van der Waals surface area contributed by atoms with Crippen molar-refractivity contribution in [2.24, 2.45) is 4.99 Å². The third-order valence-corrected chi connectivity index (χ3v) is 4.14. The number of hydrogen-bond donors (Lipinski definition) is 1. The minimum absolute atomic E-state index is 0. The van der Waals surface area contributed by atoms with E-state index in [1.165, 1.54) is 11.5 Å². The number of anilines is 1. The van der Waals surface area contributed by atoms with E-state index in [1.807, 2.05) is 6.08 Å². The molecule has 1 aromatic rings. The summed E-state index contributed by atoms with van der Waals surface area (Å²) in [6, 6.07) is 0. The van der Waals surface area contributed by atoms with Gasteiger partial charge in [0.25, 0.3) is 0 Å². The van der Waals surface area contributed by atoms with E-state index in [9.17, 15) is 0 Å². The molecule has 2 rings (SSSR count). The number of guanidine groups is 1. The first-order chi connectivity index (χ1) is 10.3. The summed E-state index contributed by atoms with van der Waals surface area (Å²) in [6.45, 7) is 13.2. The Hall–Kier alpha value is -0.900. The monoisotopic (exact) mass is 436 g/mol. The molecule has 2 heterocycles. The van der Waals surface area contributed by atoms with E-state index in [-0.39, 0.29) is 24.0 Å².